The highest BCUT2D eigenvalue weighted by Crippen LogP contribution is 2.30. The van der Waals surface area contributed by atoms with Crippen LogP contribution in [0.2, 0.25) is 0 Å². The van der Waals surface area contributed by atoms with E-state index in [1.165, 1.54) is 0 Å². The van der Waals surface area contributed by atoms with Crippen LogP contribution in [0.25, 0.3) is 0 Å². The number of halogens is 1. The van der Waals surface area contributed by atoms with E-state index in [1.807, 2.05) is 18.2 Å². The molecule has 1 heterocycles. The SMILES string of the molecule is COc1cc(NC2(CC(=O)O)CNC2)ccc1Br. The van der Waals surface area contributed by atoms with Crippen molar-refractivity contribution in [2.24, 2.45) is 0 Å². The van der Waals surface area contributed by atoms with Crippen LogP contribution in [0.3, 0.4) is 0 Å². The first-order valence-corrected chi connectivity index (χ1v) is 6.38. The quantitative estimate of drug-likeness (QED) is 0.771. The van der Waals surface area contributed by atoms with Crippen LogP contribution >= 0.6 is 15.9 Å². The second kappa shape index (κ2) is 5.16. The molecule has 3 N–H and O–H groups in total. The van der Waals surface area contributed by atoms with Crippen LogP contribution in [0.4, 0.5) is 5.69 Å². The van der Waals surface area contributed by atoms with E-state index >= 15 is 0 Å². The summed E-state index contributed by atoms with van der Waals surface area (Å²) in [6.07, 6.45) is 0.0956. The number of benzene rings is 1. The van der Waals surface area contributed by atoms with Crippen molar-refractivity contribution in [3.63, 3.8) is 0 Å². The summed E-state index contributed by atoms with van der Waals surface area (Å²) in [6, 6.07) is 5.63. The molecular formula is C12H15BrN2O3. The van der Waals surface area contributed by atoms with Gasteiger partial charge in [-0.1, -0.05) is 0 Å². The predicted octanol–water partition coefficient (Wildman–Crippen LogP) is 1.69. The minimum Gasteiger partial charge on any atom is -0.495 e. The maximum Gasteiger partial charge on any atom is 0.305 e. The van der Waals surface area contributed by atoms with Crippen molar-refractivity contribution in [3.05, 3.63) is 22.7 Å². The molecule has 0 aliphatic carbocycles. The number of hydrogen-bond donors (Lipinski definition) is 3. The van der Waals surface area contributed by atoms with Gasteiger partial charge in [0, 0.05) is 24.8 Å². The number of anilines is 1. The van der Waals surface area contributed by atoms with Crippen molar-refractivity contribution in [2.45, 2.75) is 12.0 Å². The molecule has 2 rings (SSSR count). The molecule has 1 aliphatic rings. The van der Waals surface area contributed by atoms with Crippen LogP contribution in [-0.4, -0.2) is 36.8 Å². The lowest BCUT2D eigenvalue weighted by atomic mass is 9.88. The van der Waals surface area contributed by atoms with Gasteiger partial charge in [0.15, 0.2) is 0 Å². The third-order valence-electron chi connectivity index (χ3n) is 2.98. The minimum atomic E-state index is -0.798. The van der Waals surface area contributed by atoms with Crippen molar-refractivity contribution >= 4 is 27.6 Å². The van der Waals surface area contributed by atoms with E-state index in [1.54, 1.807) is 7.11 Å². The largest absolute Gasteiger partial charge is 0.495 e. The molecule has 18 heavy (non-hydrogen) atoms. The van der Waals surface area contributed by atoms with Gasteiger partial charge in [0.2, 0.25) is 0 Å². The zero-order valence-electron chi connectivity index (χ0n) is 10.00. The molecule has 0 saturated carbocycles. The van der Waals surface area contributed by atoms with Crippen LogP contribution in [0.1, 0.15) is 6.42 Å². The van der Waals surface area contributed by atoms with Gasteiger partial charge in [-0.05, 0) is 28.1 Å². The monoisotopic (exact) mass is 314 g/mol. The number of methoxy groups -OCH3 is 1. The number of carbonyl (C=O) groups is 1. The standard InChI is InChI=1S/C12H15BrN2O3/c1-18-10-4-8(2-3-9(10)13)15-12(5-11(16)17)6-14-7-12/h2-4,14-15H,5-7H2,1H3,(H,16,17). The summed E-state index contributed by atoms with van der Waals surface area (Å²) >= 11 is 3.38. The van der Waals surface area contributed by atoms with Crippen LogP contribution in [0.5, 0.6) is 5.75 Å². The van der Waals surface area contributed by atoms with E-state index < -0.39 is 11.5 Å². The van der Waals surface area contributed by atoms with Crippen LogP contribution < -0.4 is 15.4 Å². The first-order valence-electron chi connectivity index (χ1n) is 5.59. The Bertz CT molecular complexity index is 461. The van der Waals surface area contributed by atoms with Gasteiger partial charge in [-0.2, -0.15) is 0 Å². The fourth-order valence-electron chi connectivity index (χ4n) is 2.02. The molecule has 1 aromatic carbocycles. The van der Waals surface area contributed by atoms with Gasteiger partial charge in [0.25, 0.3) is 0 Å². The number of hydrogen-bond acceptors (Lipinski definition) is 4. The number of carboxylic acid groups (broad SMARTS) is 1. The van der Waals surface area contributed by atoms with Crippen molar-refractivity contribution in [2.75, 3.05) is 25.5 Å². The maximum absolute atomic E-state index is 10.9. The summed E-state index contributed by atoms with van der Waals surface area (Å²) in [5.41, 5.74) is 0.461. The van der Waals surface area contributed by atoms with E-state index in [4.69, 9.17) is 9.84 Å². The smallest absolute Gasteiger partial charge is 0.305 e. The van der Waals surface area contributed by atoms with Crippen molar-refractivity contribution < 1.29 is 14.6 Å². The molecule has 0 atom stereocenters. The zero-order valence-corrected chi connectivity index (χ0v) is 11.6. The number of nitrogens with one attached hydrogen (secondary N) is 2. The lowest BCUT2D eigenvalue weighted by Crippen LogP contribution is -2.65. The van der Waals surface area contributed by atoms with Crippen molar-refractivity contribution in [1.82, 2.24) is 5.32 Å². The van der Waals surface area contributed by atoms with E-state index in [0.29, 0.717) is 13.1 Å². The summed E-state index contributed by atoms with van der Waals surface area (Å²) in [6.45, 7) is 1.30. The van der Waals surface area contributed by atoms with Gasteiger partial charge in [0.1, 0.15) is 5.75 Å². The second-order valence-electron chi connectivity index (χ2n) is 4.43. The molecule has 1 aromatic rings. The molecule has 0 radical (unpaired) electrons. The minimum absolute atomic E-state index is 0.0956. The fraction of sp³-hybridized carbons (Fsp3) is 0.417. The summed E-state index contributed by atoms with van der Waals surface area (Å²) in [4.78, 5) is 10.9. The molecular weight excluding hydrogens is 300 g/mol. The molecule has 5 nitrogen and oxygen atoms in total. The van der Waals surface area contributed by atoms with Crippen LogP contribution in [-0.2, 0) is 4.79 Å². The molecule has 0 spiro atoms. The van der Waals surface area contributed by atoms with Crippen LogP contribution in [0.15, 0.2) is 22.7 Å². The highest BCUT2D eigenvalue weighted by molar-refractivity contribution is 9.10. The third kappa shape index (κ3) is 2.76. The molecule has 0 unspecified atom stereocenters. The Kier molecular flexibility index (Phi) is 3.77. The van der Waals surface area contributed by atoms with Gasteiger partial charge in [-0.3, -0.25) is 4.79 Å². The Morgan fingerprint density at radius 3 is 2.83 bits per heavy atom. The average Bonchev–Trinajstić information content (AvgIpc) is 2.28. The van der Waals surface area contributed by atoms with E-state index in [9.17, 15) is 4.79 Å². The Balaban J connectivity index is 2.14. The predicted molar refractivity (Wildman–Crippen MR) is 72.2 cm³/mol. The summed E-state index contributed by atoms with van der Waals surface area (Å²) in [5, 5.41) is 15.3. The lowest BCUT2D eigenvalue weighted by molar-refractivity contribution is -0.138. The topological polar surface area (TPSA) is 70.6 Å². The molecule has 0 amide bonds. The van der Waals surface area contributed by atoms with Crippen molar-refractivity contribution in [1.29, 1.82) is 0 Å². The Labute approximate surface area is 114 Å². The van der Waals surface area contributed by atoms with Crippen LogP contribution in [0, 0.1) is 0 Å². The summed E-state index contributed by atoms with van der Waals surface area (Å²) in [5.74, 6) is -0.0779. The Morgan fingerprint density at radius 1 is 1.61 bits per heavy atom. The fourth-order valence-corrected chi connectivity index (χ4v) is 2.43. The molecule has 98 valence electrons. The van der Waals surface area contributed by atoms with Gasteiger partial charge in [-0.25, -0.2) is 0 Å². The summed E-state index contributed by atoms with van der Waals surface area (Å²) < 4.78 is 6.08. The molecule has 1 fully saturated rings. The summed E-state index contributed by atoms with van der Waals surface area (Å²) in [7, 11) is 1.60. The number of aliphatic carboxylic acids is 1. The molecule has 0 aromatic heterocycles. The molecule has 6 heteroatoms. The van der Waals surface area contributed by atoms with Crippen molar-refractivity contribution in [3.8, 4) is 5.75 Å². The molecule has 1 aliphatic heterocycles. The Hall–Kier alpha value is -1.27. The van der Waals surface area contributed by atoms with Gasteiger partial charge in [0.05, 0.1) is 23.5 Å². The maximum atomic E-state index is 10.9. The highest BCUT2D eigenvalue weighted by atomic mass is 79.9. The average molecular weight is 315 g/mol. The number of rotatable bonds is 5. The lowest BCUT2D eigenvalue weighted by Gasteiger charge is -2.43. The van der Waals surface area contributed by atoms with Gasteiger partial charge in [-0.15, -0.1) is 0 Å². The molecule has 1 saturated heterocycles. The second-order valence-corrected chi connectivity index (χ2v) is 5.28. The number of ether oxygens (including phenoxy) is 1. The van der Waals surface area contributed by atoms with E-state index in [-0.39, 0.29) is 6.42 Å². The van der Waals surface area contributed by atoms with E-state index in [2.05, 4.69) is 26.6 Å². The van der Waals surface area contributed by atoms with Gasteiger partial charge < -0.3 is 20.5 Å². The zero-order chi connectivity index (χ0) is 13.2. The normalized spacial score (nSPS) is 16.8. The van der Waals surface area contributed by atoms with E-state index in [0.717, 1.165) is 15.9 Å². The number of carboxylic acids is 1. The molecule has 0 bridgehead atoms. The highest BCUT2D eigenvalue weighted by Gasteiger charge is 2.39. The first kappa shape index (κ1) is 13.2. The third-order valence-corrected chi connectivity index (χ3v) is 3.63. The van der Waals surface area contributed by atoms with Gasteiger partial charge >= 0.3 is 5.97 Å². The Morgan fingerprint density at radius 2 is 2.33 bits per heavy atom. The first-order chi connectivity index (χ1) is 8.54.